The van der Waals surface area contributed by atoms with Crippen molar-refractivity contribution in [2.75, 3.05) is 13.1 Å². The maximum Gasteiger partial charge on any atom is 0.257 e. The minimum Gasteiger partial charge on any atom is -0.445 e. The number of hydrogen-bond donors (Lipinski definition) is 0. The number of halogens is 1. The van der Waals surface area contributed by atoms with E-state index < -0.39 is 0 Å². The molecule has 1 fully saturated rings. The molecule has 0 spiro atoms. The first kappa shape index (κ1) is 17.3. The minimum atomic E-state index is -0.255. The normalized spacial score (nSPS) is 17.1. The lowest BCUT2D eigenvalue weighted by molar-refractivity contribution is 0.0697. The van der Waals surface area contributed by atoms with Crippen LogP contribution in [0.5, 0.6) is 0 Å². The van der Waals surface area contributed by atoms with Crippen LogP contribution in [0.25, 0.3) is 0 Å². The van der Waals surface area contributed by atoms with Crippen molar-refractivity contribution in [2.24, 2.45) is 0 Å². The van der Waals surface area contributed by atoms with Crippen molar-refractivity contribution < 1.29 is 13.6 Å². The summed E-state index contributed by atoms with van der Waals surface area (Å²) in [6, 6.07) is 6.63. The molecule has 1 unspecified atom stereocenters. The van der Waals surface area contributed by atoms with Crippen molar-refractivity contribution in [2.45, 2.75) is 25.2 Å². The Hall–Kier alpha value is -3.09. The quantitative estimate of drug-likeness (QED) is 0.709. The molecule has 3 aromatic rings. The Morgan fingerprint density at radius 2 is 2.04 bits per heavy atom. The zero-order valence-electron chi connectivity index (χ0n) is 14.7. The molecular weight excluding hydrogens is 347 g/mol. The van der Waals surface area contributed by atoms with Gasteiger partial charge in [-0.2, -0.15) is 0 Å². The number of piperidine rings is 1. The summed E-state index contributed by atoms with van der Waals surface area (Å²) in [7, 11) is 0. The van der Waals surface area contributed by atoms with E-state index in [2.05, 4.69) is 15.0 Å². The van der Waals surface area contributed by atoms with Gasteiger partial charge in [-0.25, -0.2) is 19.3 Å². The van der Waals surface area contributed by atoms with Crippen LogP contribution < -0.4 is 0 Å². The number of hydrogen-bond acceptors (Lipinski definition) is 5. The molecule has 0 aliphatic carbocycles. The first-order valence-corrected chi connectivity index (χ1v) is 8.93. The predicted octanol–water partition coefficient (Wildman–Crippen LogP) is 3.21. The molecule has 3 heterocycles. The zero-order valence-corrected chi connectivity index (χ0v) is 14.7. The average Bonchev–Trinajstić information content (AvgIpc) is 3.19. The molecule has 0 saturated carbocycles. The highest BCUT2D eigenvalue weighted by atomic mass is 19.1. The monoisotopic (exact) mass is 366 g/mol. The summed E-state index contributed by atoms with van der Waals surface area (Å²) >= 11 is 0. The fraction of sp³-hybridized carbons (Fsp3) is 0.300. The summed E-state index contributed by atoms with van der Waals surface area (Å²) in [6.07, 6.45) is 8.22. The lowest BCUT2D eigenvalue weighted by Crippen LogP contribution is -2.39. The molecule has 6 nitrogen and oxygen atoms in total. The van der Waals surface area contributed by atoms with Gasteiger partial charge in [0.25, 0.3) is 5.91 Å². The summed E-state index contributed by atoms with van der Waals surface area (Å²) in [5.74, 6) is 0.910. The van der Waals surface area contributed by atoms with E-state index in [1.165, 1.54) is 24.8 Å². The van der Waals surface area contributed by atoms with E-state index in [0.29, 0.717) is 42.3 Å². The van der Waals surface area contributed by atoms with Gasteiger partial charge in [-0.3, -0.25) is 4.79 Å². The molecule has 1 aromatic carbocycles. The lowest BCUT2D eigenvalue weighted by atomic mass is 9.97. The molecule has 0 N–H and O–H groups in total. The van der Waals surface area contributed by atoms with Gasteiger partial charge >= 0.3 is 0 Å². The van der Waals surface area contributed by atoms with E-state index in [0.717, 1.165) is 12.8 Å². The second-order valence-corrected chi connectivity index (χ2v) is 6.65. The molecule has 1 aliphatic rings. The number of oxazole rings is 1. The fourth-order valence-electron chi connectivity index (χ4n) is 3.38. The van der Waals surface area contributed by atoms with Gasteiger partial charge in [-0.05, 0) is 24.5 Å². The number of nitrogens with zero attached hydrogens (tertiary/aromatic N) is 4. The van der Waals surface area contributed by atoms with Crippen molar-refractivity contribution in [3.05, 3.63) is 77.8 Å². The van der Waals surface area contributed by atoms with E-state index in [4.69, 9.17) is 4.42 Å². The second kappa shape index (κ2) is 7.65. The molecule has 1 atom stereocenters. The largest absolute Gasteiger partial charge is 0.445 e. The minimum absolute atomic E-state index is 0.0294. The number of amides is 1. The molecule has 0 bridgehead atoms. The van der Waals surface area contributed by atoms with Crippen molar-refractivity contribution in [3.8, 4) is 0 Å². The Labute approximate surface area is 156 Å². The molecule has 4 rings (SSSR count). The first-order valence-electron chi connectivity index (χ1n) is 8.93. The number of rotatable bonds is 4. The van der Waals surface area contributed by atoms with Crippen molar-refractivity contribution in [3.63, 3.8) is 0 Å². The van der Waals surface area contributed by atoms with Gasteiger partial charge in [0.1, 0.15) is 17.9 Å². The molecule has 7 heteroatoms. The smallest absolute Gasteiger partial charge is 0.257 e. The van der Waals surface area contributed by atoms with Gasteiger partial charge in [0.15, 0.2) is 5.89 Å². The number of carbonyl (C=O) groups excluding carboxylic acids is 1. The number of carbonyl (C=O) groups is 1. The van der Waals surface area contributed by atoms with Crippen LogP contribution in [0.3, 0.4) is 0 Å². The van der Waals surface area contributed by atoms with E-state index in [-0.39, 0.29) is 17.6 Å². The van der Waals surface area contributed by atoms with Gasteiger partial charge < -0.3 is 9.32 Å². The molecule has 2 aromatic heterocycles. The Morgan fingerprint density at radius 3 is 2.85 bits per heavy atom. The average molecular weight is 366 g/mol. The van der Waals surface area contributed by atoms with Crippen molar-refractivity contribution in [1.82, 2.24) is 19.9 Å². The van der Waals surface area contributed by atoms with Gasteiger partial charge in [-0.15, -0.1) is 0 Å². The van der Waals surface area contributed by atoms with Crippen LogP contribution in [0.1, 0.15) is 46.3 Å². The second-order valence-electron chi connectivity index (χ2n) is 6.65. The van der Waals surface area contributed by atoms with Crippen LogP contribution in [0, 0.1) is 5.82 Å². The zero-order chi connectivity index (χ0) is 18.6. The third-order valence-corrected chi connectivity index (χ3v) is 4.76. The molecule has 0 radical (unpaired) electrons. The third kappa shape index (κ3) is 3.86. The topological polar surface area (TPSA) is 72.1 Å². The number of benzene rings is 1. The standard InChI is InChI=1S/C20H19FN4O2/c21-18-6-2-1-4-14(18)8-17-11-24-19(27-17)15-5-3-7-25(12-15)20(26)16-9-22-13-23-10-16/h1-2,4,6,9-11,13,15H,3,5,7-8,12H2. The molecule has 27 heavy (non-hydrogen) atoms. The highest BCUT2D eigenvalue weighted by Crippen LogP contribution is 2.28. The Bertz CT molecular complexity index is 928. The van der Waals surface area contributed by atoms with E-state index in [1.54, 1.807) is 29.3 Å². The SMILES string of the molecule is O=C(c1cncnc1)N1CCCC(c2ncc(Cc3ccccc3F)o2)C1. The maximum absolute atomic E-state index is 13.8. The van der Waals surface area contributed by atoms with Gasteiger partial charge in [-0.1, -0.05) is 18.2 Å². The third-order valence-electron chi connectivity index (χ3n) is 4.76. The van der Waals surface area contributed by atoms with Crippen LogP contribution in [0.4, 0.5) is 4.39 Å². The summed E-state index contributed by atoms with van der Waals surface area (Å²) in [5.41, 5.74) is 1.05. The van der Waals surface area contributed by atoms with Crippen LogP contribution in [0.2, 0.25) is 0 Å². The van der Waals surface area contributed by atoms with Gasteiger partial charge in [0, 0.05) is 31.9 Å². The van der Waals surface area contributed by atoms with Crippen LogP contribution in [-0.4, -0.2) is 38.8 Å². The van der Waals surface area contributed by atoms with Crippen molar-refractivity contribution in [1.29, 1.82) is 0 Å². The molecule has 138 valence electrons. The Kier molecular flexibility index (Phi) is 4.91. The molecule has 1 aliphatic heterocycles. The molecular formula is C20H19FN4O2. The molecule has 1 saturated heterocycles. The van der Waals surface area contributed by atoms with Crippen LogP contribution >= 0.6 is 0 Å². The highest BCUT2D eigenvalue weighted by Gasteiger charge is 2.28. The number of likely N-dealkylation sites (tertiary alicyclic amines) is 1. The summed E-state index contributed by atoms with van der Waals surface area (Å²) < 4.78 is 19.7. The lowest BCUT2D eigenvalue weighted by Gasteiger charge is -2.31. The summed E-state index contributed by atoms with van der Waals surface area (Å²) in [6.45, 7) is 1.22. The summed E-state index contributed by atoms with van der Waals surface area (Å²) in [4.78, 5) is 26.6. The Balaban J connectivity index is 1.45. The maximum atomic E-state index is 13.8. The highest BCUT2D eigenvalue weighted by molar-refractivity contribution is 5.93. The van der Waals surface area contributed by atoms with E-state index >= 15 is 0 Å². The van der Waals surface area contributed by atoms with Crippen LogP contribution in [-0.2, 0) is 6.42 Å². The van der Waals surface area contributed by atoms with E-state index in [1.807, 2.05) is 0 Å². The predicted molar refractivity (Wildman–Crippen MR) is 95.6 cm³/mol. The van der Waals surface area contributed by atoms with Gasteiger partial charge in [0.2, 0.25) is 0 Å². The first-order chi connectivity index (χ1) is 13.2. The molecule has 1 amide bonds. The van der Waals surface area contributed by atoms with Crippen molar-refractivity contribution >= 4 is 5.91 Å². The Morgan fingerprint density at radius 1 is 1.22 bits per heavy atom. The summed E-state index contributed by atoms with van der Waals surface area (Å²) in [5, 5.41) is 0. The van der Waals surface area contributed by atoms with Gasteiger partial charge in [0.05, 0.1) is 17.7 Å². The van der Waals surface area contributed by atoms with Crippen LogP contribution in [0.15, 0.2) is 53.6 Å². The van der Waals surface area contributed by atoms with E-state index in [9.17, 15) is 9.18 Å². The fourth-order valence-corrected chi connectivity index (χ4v) is 3.38. The number of aromatic nitrogens is 3.